The van der Waals surface area contributed by atoms with Gasteiger partial charge >= 0.3 is 0 Å². The lowest BCUT2D eigenvalue weighted by atomic mass is 10.0. The number of rotatable bonds is 9. The molecule has 4 rings (SSSR count). The summed E-state index contributed by atoms with van der Waals surface area (Å²) in [4.78, 5) is 28.8. The molecule has 1 aromatic heterocycles. The molecule has 0 bridgehead atoms. The molecular formula is C22H30N4O6. The fraction of sp³-hybridized carbons (Fsp3) is 0.500. The summed E-state index contributed by atoms with van der Waals surface area (Å²) in [5, 5.41) is 27.9. The molecule has 2 aliphatic heterocycles. The molecule has 1 amide bonds. The van der Waals surface area contributed by atoms with E-state index >= 15 is 0 Å². The molecule has 0 spiro atoms. The molecule has 174 valence electrons. The number of aldehydes is 1. The van der Waals surface area contributed by atoms with E-state index in [9.17, 15) is 19.8 Å². The summed E-state index contributed by atoms with van der Waals surface area (Å²) in [5.41, 5.74) is 1.59. The van der Waals surface area contributed by atoms with Crippen molar-refractivity contribution >= 4 is 28.9 Å². The van der Waals surface area contributed by atoms with Crippen molar-refractivity contribution in [2.24, 2.45) is 0 Å². The SMILES string of the molecule is O.O=CCCC(CC(O)C(O)N1CCNCC1)Oc1ccc2nc3c(cc2c1)CC(=O)N3. The number of carbonyl (C=O) groups is 2. The number of anilines is 1. The number of aliphatic hydroxyl groups excluding tert-OH is 2. The number of carbonyl (C=O) groups excluding carboxylic acids is 2. The van der Waals surface area contributed by atoms with E-state index in [1.165, 1.54) is 0 Å². The summed E-state index contributed by atoms with van der Waals surface area (Å²) >= 11 is 0. The van der Waals surface area contributed by atoms with Gasteiger partial charge in [-0.05, 0) is 30.7 Å². The maximum atomic E-state index is 11.6. The van der Waals surface area contributed by atoms with Crippen molar-refractivity contribution in [3.8, 4) is 5.75 Å². The second-order valence-corrected chi connectivity index (χ2v) is 8.06. The second-order valence-electron chi connectivity index (χ2n) is 8.06. The van der Waals surface area contributed by atoms with Crippen LogP contribution in [0.2, 0.25) is 0 Å². The van der Waals surface area contributed by atoms with E-state index in [1.54, 1.807) is 6.07 Å². The van der Waals surface area contributed by atoms with Crippen LogP contribution in [-0.2, 0) is 16.0 Å². The first-order chi connectivity index (χ1) is 15.0. The van der Waals surface area contributed by atoms with Crippen LogP contribution < -0.4 is 15.4 Å². The van der Waals surface area contributed by atoms with Gasteiger partial charge in [0.25, 0.3) is 0 Å². The van der Waals surface area contributed by atoms with Crippen LogP contribution in [-0.4, -0.2) is 82.4 Å². The number of fused-ring (bicyclic) bond motifs is 2. The van der Waals surface area contributed by atoms with E-state index in [0.717, 1.165) is 35.8 Å². The first-order valence-electron chi connectivity index (χ1n) is 10.7. The predicted molar refractivity (Wildman–Crippen MR) is 118 cm³/mol. The van der Waals surface area contributed by atoms with Gasteiger partial charge < -0.3 is 35.9 Å². The van der Waals surface area contributed by atoms with Gasteiger partial charge in [-0.2, -0.15) is 0 Å². The Morgan fingerprint density at radius 1 is 1.22 bits per heavy atom. The van der Waals surface area contributed by atoms with E-state index in [-0.39, 0.29) is 17.8 Å². The number of hydrogen-bond donors (Lipinski definition) is 4. The third-order valence-electron chi connectivity index (χ3n) is 5.76. The monoisotopic (exact) mass is 446 g/mol. The Labute approximate surface area is 185 Å². The number of piperazine rings is 1. The number of nitrogens with zero attached hydrogens (tertiary/aromatic N) is 2. The van der Waals surface area contributed by atoms with Gasteiger partial charge in [0.2, 0.25) is 5.91 Å². The third kappa shape index (κ3) is 5.59. The van der Waals surface area contributed by atoms with Crippen molar-refractivity contribution < 1.29 is 30.0 Å². The first kappa shape index (κ1) is 24.0. The Kier molecular flexibility index (Phi) is 8.10. The van der Waals surface area contributed by atoms with E-state index in [1.807, 2.05) is 23.1 Å². The number of aromatic nitrogens is 1. The molecule has 3 unspecified atom stereocenters. The molecule has 32 heavy (non-hydrogen) atoms. The molecule has 1 fully saturated rings. The molecule has 10 heteroatoms. The zero-order chi connectivity index (χ0) is 21.8. The molecule has 1 aromatic carbocycles. The lowest BCUT2D eigenvalue weighted by Crippen LogP contribution is -2.53. The first-order valence-corrected chi connectivity index (χ1v) is 10.7. The minimum absolute atomic E-state index is 0. The van der Waals surface area contributed by atoms with Crippen molar-refractivity contribution in [1.29, 1.82) is 0 Å². The Balaban J connectivity index is 0.00000289. The summed E-state index contributed by atoms with van der Waals surface area (Å²) in [7, 11) is 0. The van der Waals surface area contributed by atoms with E-state index < -0.39 is 18.4 Å². The third-order valence-corrected chi connectivity index (χ3v) is 5.76. The van der Waals surface area contributed by atoms with Gasteiger partial charge in [-0.1, -0.05) is 0 Å². The number of aliphatic hydroxyl groups is 2. The number of benzene rings is 1. The fourth-order valence-electron chi connectivity index (χ4n) is 4.12. The van der Waals surface area contributed by atoms with Crippen molar-refractivity contribution in [3.63, 3.8) is 0 Å². The standard InChI is InChI=1S/C22H28N4O5.H2O/c27-9-1-2-16(13-19(28)22(30)26-7-5-23-6-8-26)31-17-3-4-18-14(11-17)10-15-12-20(29)25-21(15)24-18;/h3-4,9-11,16,19,22-23,28,30H,1-2,5-8,12-13H2,(H,24,25,29);1H2. The quantitative estimate of drug-likeness (QED) is 0.379. The van der Waals surface area contributed by atoms with Crippen LogP contribution >= 0.6 is 0 Å². The second kappa shape index (κ2) is 10.8. The molecular weight excluding hydrogens is 416 g/mol. The zero-order valence-corrected chi connectivity index (χ0v) is 17.8. The Morgan fingerprint density at radius 2 is 2.00 bits per heavy atom. The summed E-state index contributed by atoms with van der Waals surface area (Å²) in [6.45, 7) is 2.87. The van der Waals surface area contributed by atoms with Gasteiger partial charge in [-0.25, -0.2) is 4.98 Å². The lowest BCUT2D eigenvalue weighted by Gasteiger charge is -2.35. The molecule has 0 aliphatic carbocycles. The summed E-state index contributed by atoms with van der Waals surface area (Å²) in [6, 6.07) is 7.37. The lowest BCUT2D eigenvalue weighted by molar-refractivity contribution is -0.115. The van der Waals surface area contributed by atoms with E-state index in [0.29, 0.717) is 43.9 Å². The van der Waals surface area contributed by atoms with Gasteiger partial charge in [0.1, 0.15) is 30.2 Å². The average molecular weight is 447 g/mol. The minimum atomic E-state index is -0.989. The highest BCUT2D eigenvalue weighted by atomic mass is 16.5. The van der Waals surface area contributed by atoms with Crippen LogP contribution in [0.15, 0.2) is 24.3 Å². The molecule has 6 N–H and O–H groups in total. The molecule has 3 atom stereocenters. The molecule has 10 nitrogen and oxygen atoms in total. The Morgan fingerprint density at radius 3 is 2.75 bits per heavy atom. The fourth-order valence-corrected chi connectivity index (χ4v) is 4.12. The van der Waals surface area contributed by atoms with Gasteiger partial charge in [0.15, 0.2) is 0 Å². The van der Waals surface area contributed by atoms with Gasteiger partial charge in [0.05, 0.1) is 18.0 Å². The largest absolute Gasteiger partial charge is 0.490 e. The number of nitrogens with one attached hydrogen (secondary N) is 2. The van der Waals surface area contributed by atoms with Crippen molar-refractivity contribution in [3.05, 3.63) is 29.8 Å². The van der Waals surface area contributed by atoms with Crippen LogP contribution in [0.1, 0.15) is 24.8 Å². The van der Waals surface area contributed by atoms with Crippen molar-refractivity contribution in [1.82, 2.24) is 15.2 Å². The zero-order valence-electron chi connectivity index (χ0n) is 17.8. The van der Waals surface area contributed by atoms with Crippen LogP contribution in [0.3, 0.4) is 0 Å². The highest BCUT2D eigenvalue weighted by molar-refractivity contribution is 6.00. The number of amides is 1. The Bertz CT molecular complexity index is 949. The van der Waals surface area contributed by atoms with Crippen LogP contribution in [0, 0.1) is 0 Å². The summed E-state index contributed by atoms with van der Waals surface area (Å²) in [6.07, 6.45) is -0.312. The molecule has 2 aliphatic rings. The maximum absolute atomic E-state index is 11.6. The topological polar surface area (TPSA) is 156 Å². The van der Waals surface area contributed by atoms with Gasteiger partial charge in [-0.3, -0.25) is 9.69 Å². The van der Waals surface area contributed by atoms with Crippen LogP contribution in [0.5, 0.6) is 5.75 Å². The highest BCUT2D eigenvalue weighted by Crippen LogP contribution is 2.29. The van der Waals surface area contributed by atoms with Crippen molar-refractivity contribution in [2.45, 2.75) is 44.1 Å². The number of ether oxygens (including phenoxy) is 1. The molecule has 0 radical (unpaired) electrons. The predicted octanol–water partition coefficient (Wildman–Crippen LogP) is -0.394. The molecule has 1 saturated heterocycles. The van der Waals surface area contributed by atoms with E-state index in [4.69, 9.17) is 4.74 Å². The van der Waals surface area contributed by atoms with Gasteiger partial charge in [-0.15, -0.1) is 0 Å². The van der Waals surface area contributed by atoms with Crippen LogP contribution in [0.25, 0.3) is 10.9 Å². The Hall–Kier alpha value is -2.63. The molecule has 3 heterocycles. The number of pyridine rings is 1. The van der Waals surface area contributed by atoms with E-state index in [2.05, 4.69) is 15.6 Å². The summed E-state index contributed by atoms with van der Waals surface area (Å²) in [5.74, 6) is 1.12. The molecule has 0 saturated carbocycles. The average Bonchev–Trinajstić information content (AvgIpc) is 3.14. The highest BCUT2D eigenvalue weighted by Gasteiger charge is 2.28. The minimum Gasteiger partial charge on any atom is -0.490 e. The smallest absolute Gasteiger partial charge is 0.230 e. The van der Waals surface area contributed by atoms with Crippen molar-refractivity contribution in [2.75, 3.05) is 31.5 Å². The molecule has 2 aromatic rings. The maximum Gasteiger partial charge on any atom is 0.230 e. The van der Waals surface area contributed by atoms with Gasteiger partial charge in [0, 0.05) is 50.0 Å². The number of hydrogen-bond acceptors (Lipinski definition) is 8. The normalized spacial score (nSPS) is 18.9. The summed E-state index contributed by atoms with van der Waals surface area (Å²) < 4.78 is 6.10. The van der Waals surface area contributed by atoms with Crippen LogP contribution in [0.4, 0.5) is 5.82 Å².